The van der Waals surface area contributed by atoms with Crippen LogP contribution >= 0.6 is 23.7 Å². The van der Waals surface area contributed by atoms with Crippen molar-refractivity contribution in [1.29, 1.82) is 0 Å². The van der Waals surface area contributed by atoms with Gasteiger partial charge in [-0.1, -0.05) is 0 Å². The van der Waals surface area contributed by atoms with Crippen LogP contribution in [0.2, 0.25) is 0 Å². The molecule has 2 heterocycles. The third-order valence-corrected chi connectivity index (χ3v) is 5.80. The summed E-state index contributed by atoms with van der Waals surface area (Å²) in [6.45, 7) is 2.70. The van der Waals surface area contributed by atoms with Crippen molar-refractivity contribution in [3.05, 3.63) is 34.5 Å². The number of carbonyl (C=O) groups is 1. The zero-order valence-electron chi connectivity index (χ0n) is 14.5. The van der Waals surface area contributed by atoms with E-state index in [9.17, 15) is 22.4 Å². The number of thiophene rings is 1. The molecule has 0 bridgehead atoms. The number of hydrogen-bond acceptors (Lipinski definition) is 4. The summed E-state index contributed by atoms with van der Waals surface area (Å²) in [6.07, 6.45) is -4.43. The number of hydrogen-bond donors (Lipinski definition) is 2. The number of benzene rings is 1. The van der Waals surface area contributed by atoms with Crippen molar-refractivity contribution in [3.63, 3.8) is 0 Å². The average molecular weight is 426 g/mol. The first-order chi connectivity index (χ1) is 12.3. The first-order valence-corrected chi connectivity index (χ1v) is 9.07. The van der Waals surface area contributed by atoms with Crippen LogP contribution < -0.4 is 10.6 Å². The molecule has 1 unspecified atom stereocenters. The largest absolute Gasteiger partial charge is 0.405 e. The summed E-state index contributed by atoms with van der Waals surface area (Å²) < 4.78 is 54.3. The fourth-order valence-electron chi connectivity index (χ4n) is 3.13. The summed E-state index contributed by atoms with van der Waals surface area (Å²) in [5.41, 5.74) is 0.577. The maximum absolute atomic E-state index is 13.4. The molecule has 4 nitrogen and oxygen atoms in total. The van der Waals surface area contributed by atoms with Crippen LogP contribution in [0, 0.1) is 12.7 Å². The predicted molar refractivity (Wildman–Crippen MR) is 100 cm³/mol. The van der Waals surface area contributed by atoms with Crippen molar-refractivity contribution in [2.45, 2.75) is 19.1 Å². The van der Waals surface area contributed by atoms with Crippen LogP contribution in [0.3, 0.4) is 0 Å². The first-order valence-electron chi connectivity index (χ1n) is 8.25. The Morgan fingerprint density at radius 1 is 1.33 bits per heavy atom. The normalized spacial score (nSPS) is 16.8. The standard InChI is InChI=1S/C17H19F4N3OS.ClH/c1-10-12-8-11(18)2-3-13(12)26-15(10)16(25)23-9-14(17(19,20)21)24-6-4-22-5-7-24;/h2-3,8,14,22H,4-7,9H2,1H3,(H,23,25);1H. The first kappa shape index (κ1) is 21.9. The van der Waals surface area contributed by atoms with Gasteiger partial charge in [0.15, 0.2) is 0 Å². The van der Waals surface area contributed by atoms with E-state index in [1.54, 1.807) is 13.0 Å². The molecular formula is C17H20ClF4N3OS. The number of rotatable bonds is 4. The molecule has 2 aromatic rings. The summed E-state index contributed by atoms with van der Waals surface area (Å²) in [5, 5.41) is 6.03. The smallest absolute Gasteiger partial charge is 0.349 e. The highest BCUT2D eigenvalue weighted by Crippen LogP contribution is 2.31. The second kappa shape index (κ2) is 8.72. The molecule has 1 aliphatic rings. The van der Waals surface area contributed by atoms with Crippen LogP contribution in [0.25, 0.3) is 10.1 Å². The average Bonchev–Trinajstić information content (AvgIpc) is 2.91. The van der Waals surface area contributed by atoms with Crippen molar-refractivity contribution in [2.75, 3.05) is 32.7 Å². The number of nitrogens with zero attached hydrogens (tertiary/aromatic N) is 1. The van der Waals surface area contributed by atoms with E-state index in [2.05, 4.69) is 10.6 Å². The Morgan fingerprint density at radius 3 is 2.63 bits per heavy atom. The summed E-state index contributed by atoms with van der Waals surface area (Å²) in [6, 6.07) is 2.47. The Morgan fingerprint density at radius 2 is 2.00 bits per heavy atom. The molecular weight excluding hydrogens is 406 g/mol. The number of piperazine rings is 1. The fourth-order valence-corrected chi connectivity index (χ4v) is 4.23. The molecule has 2 N–H and O–H groups in total. The van der Waals surface area contributed by atoms with Gasteiger partial charge in [0.25, 0.3) is 5.91 Å². The molecule has 0 spiro atoms. The molecule has 1 aromatic carbocycles. The van der Waals surface area contributed by atoms with E-state index in [0.717, 1.165) is 16.0 Å². The van der Waals surface area contributed by atoms with Gasteiger partial charge in [0, 0.05) is 37.4 Å². The second-order valence-corrected chi connectivity index (χ2v) is 7.30. The van der Waals surface area contributed by atoms with E-state index >= 15 is 0 Å². The Hall–Kier alpha value is -1.42. The number of halogens is 5. The van der Waals surface area contributed by atoms with Gasteiger partial charge < -0.3 is 10.6 Å². The summed E-state index contributed by atoms with van der Waals surface area (Å²) in [5.74, 6) is -0.977. The summed E-state index contributed by atoms with van der Waals surface area (Å²) >= 11 is 1.15. The number of fused-ring (bicyclic) bond motifs is 1. The van der Waals surface area contributed by atoms with E-state index in [1.165, 1.54) is 17.0 Å². The molecule has 1 amide bonds. The van der Waals surface area contributed by atoms with Gasteiger partial charge in [-0.15, -0.1) is 23.7 Å². The Kier molecular flexibility index (Phi) is 7.07. The fraction of sp³-hybridized carbons (Fsp3) is 0.471. The van der Waals surface area contributed by atoms with Gasteiger partial charge in [-0.25, -0.2) is 4.39 Å². The van der Waals surface area contributed by atoms with Gasteiger partial charge in [0.05, 0.1) is 4.88 Å². The number of carbonyl (C=O) groups excluding carboxylic acids is 1. The molecule has 1 saturated heterocycles. The zero-order valence-corrected chi connectivity index (χ0v) is 16.2. The van der Waals surface area contributed by atoms with Gasteiger partial charge in [-0.05, 0) is 36.1 Å². The molecule has 0 radical (unpaired) electrons. The third kappa shape index (κ3) is 4.90. The molecule has 1 aliphatic heterocycles. The minimum Gasteiger partial charge on any atom is -0.349 e. The van der Waals surface area contributed by atoms with Crippen LogP contribution in [0.5, 0.6) is 0 Å². The monoisotopic (exact) mass is 425 g/mol. The van der Waals surface area contributed by atoms with E-state index in [0.29, 0.717) is 28.9 Å². The molecule has 1 fully saturated rings. The van der Waals surface area contributed by atoms with Gasteiger partial charge in [0.2, 0.25) is 0 Å². The van der Waals surface area contributed by atoms with Crippen molar-refractivity contribution < 1.29 is 22.4 Å². The lowest BCUT2D eigenvalue weighted by atomic mass is 10.1. The van der Waals surface area contributed by atoms with E-state index in [1.807, 2.05) is 0 Å². The quantitative estimate of drug-likeness (QED) is 0.738. The summed E-state index contributed by atoms with van der Waals surface area (Å²) in [7, 11) is 0. The molecule has 10 heteroatoms. The third-order valence-electron chi connectivity index (χ3n) is 4.53. The van der Waals surface area contributed by atoms with Crippen molar-refractivity contribution in [1.82, 2.24) is 15.5 Å². The second-order valence-electron chi connectivity index (χ2n) is 6.25. The molecule has 150 valence electrons. The number of aryl methyl sites for hydroxylation is 1. The van der Waals surface area contributed by atoms with Crippen LogP contribution in [-0.2, 0) is 0 Å². The Balaban J connectivity index is 0.00000261. The Labute approximate surface area is 164 Å². The summed E-state index contributed by atoms with van der Waals surface area (Å²) in [4.78, 5) is 14.1. The highest BCUT2D eigenvalue weighted by molar-refractivity contribution is 7.21. The molecule has 3 rings (SSSR count). The van der Waals surface area contributed by atoms with E-state index in [4.69, 9.17) is 0 Å². The van der Waals surface area contributed by atoms with Crippen molar-refractivity contribution in [3.8, 4) is 0 Å². The van der Waals surface area contributed by atoms with Crippen LogP contribution in [0.15, 0.2) is 18.2 Å². The maximum atomic E-state index is 13.4. The number of alkyl halides is 3. The highest BCUT2D eigenvalue weighted by Gasteiger charge is 2.43. The van der Waals surface area contributed by atoms with E-state index in [-0.39, 0.29) is 25.5 Å². The van der Waals surface area contributed by atoms with Crippen LogP contribution in [0.1, 0.15) is 15.2 Å². The topological polar surface area (TPSA) is 44.4 Å². The maximum Gasteiger partial charge on any atom is 0.405 e. The lowest BCUT2D eigenvalue weighted by Crippen LogP contribution is -2.57. The predicted octanol–water partition coefficient (Wildman–Crippen LogP) is 3.34. The van der Waals surface area contributed by atoms with Gasteiger partial charge in [-0.2, -0.15) is 13.2 Å². The minimum absolute atomic E-state index is 0. The number of nitrogens with one attached hydrogen (secondary N) is 2. The van der Waals surface area contributed by atoms with Crippen LogP contribution in [-0.4, -0.2) is 55.7 Å². The molecule has 0 saturated carbocycles. The molecule has 27 heavy (non-hydrogen) atoms. The minimum atomic E-state index is -4.43. The number of amides is 1. The molecule has 1 aromatic heterocycles. The van der Waals surface area contributed by atoms with Crippen molar-refractivity contribution in [2.24, 2.45) is 0 Å². The van der Waals surface area contributed by atoms with Crippen LogP contribution in [0.4, 0.5) is 17.6 Å². The van der Waals surface area contributed by atoms with Crippen molar-refractivity contribution >= 4 is 39.7 Å². The SMILES string of the molecule is Cc1c(C(=O)NCC(N2CCNCC2)C(F)(F)F)sc2ccc(F)cc12.Cl. The van der Waals surface area contributed by atoms with E-state index < -0.39 is 30.5 Å². The highest BCUT2D eigenvalue weighted by atomic mass is 35.5. The lowest BCUT2D eigenvalue weighted by Gasteiger charge is -2.35. The van der Waals surface area contributed by atoms with Gasteiger partial charge in [0.1, 0.15) is 11.9 Å². The van der Waals surface area contributed by atoms with Gasteiger partial charge >= 0.3 is 6.18 Å². The van der Waals surface area contributed by atoms with Gasteiger partial charge in [-0.3, -0.25) is 9.69 Å². The zero-order chi connectivity index (χ0) is 18.9. The lowest BCUT2D eigenvalue weighted by molar-refractivity contribution is -0.183. The Bertz CT molecular complexity index is 805. The molecule has 0 aliphatic carbocycles. The molecule has 1 atom stereocenters.